The van der Waals surface area contributed by atoms with E-state index < -0.39 is 18.3 Å². The molecule has 0 unspecified atom stereocenters. The van der Waals surface area contributed by atoms with Gasteiger partial charge in [-0.2, -0.15) is 0 Å². The van der Waals surface area contributed by atoms with Gasteiger partial charge in [0.1, 0.15) is 0 Å². The summed E-state index contributed by atoms with van der Waals surface area (Å²) in [6.07, 6.45) is 18.4. The number of allylic oxidation sites excluding steroid dienone is 6. The highest BCUT2D eigenvalue weighted by molar-refractivity contribution is 5.68. The summed E-state index contributed by atoms with van der Waals surface area (Å²) in [5.41, 5.74) is 0. The number of ether oxygens (including phenoxy) is 1. The second kappa shape index (κ2) is 16.5. The highest BCUT2D eigenvalue weighted by Crippen LogP contribution is 2.03. The van der Waals surface area contributed by atoms with Gasteiger partial charge < -0.3 is 20.1 Å². The van der Waals surface area contributed by atoms with Crippen molar-refractivity contribution >= 4 is 5.97 Å². The lowest BCUT2D eigenvalue weighted by Gasteiger charge is -2.03. The molecule has 0 aliphatic carbocycles. The van der Waals surface area contributed by atoms with Crippen molar-refractivity contribution in [2.75, 3.05) is 7.11 Å². The Labute approximate surface area is 156 Å². The minimum atomic E-state index is -0.594. The van der Waals surface area contributed by atoms with Crippen LogP contribution in [0.2, 0.25) is 0 Å². The van der Waals surface area contributed by atoms with Crippen LogP contribution >= 0.6 is 0 Å². The molecule has 0 radical (unpaired) electrons. The molecule has 146 valence electrons. The standard InChI is InChI=1S/C21H32O5/c1-3-18(22)12-9-6-10-15-19(23)13-7-4-5-8-14-20(24)16-11-17-21(25)26-2/h4-10,12-14,18-20,22-24H,3,11,15-17H2,1-2H3/t18-,19+,20-/m1/s1. The highest BCUT2D eigenvalue weighted by atomic mass is 16.5. The molecule has 0 heterocycles. The lowest BCUT2D eigenvalue weighted by atomic mass is 10.1. The zero-order chi connectivity index (χ0) is 19.6. The fraction of sp³-hybridized carbons (Fsp3) is 0.476. The first-order valence-corrected chi connectivity index (χ1v) is 8.95. The van der Waals surface area contributed by atoms with Gasteiger partial charge in [-0.25, -0.2) is 0 Å². The lowest BCUT2D eigenvalue weighted by molar-refractivity contribution is -0.140. The van der Waals surface area contributed by atoms with Crippen molar-refractivity contribution in [3.8, 4) is 0 Å². The van der Waals surface area contributed by atoms with E-state index in [4.69, 9.17) is 0 Å². The average Bonchev–Trinajstić information content (AvgIpc) is 2.63. The smallest absolute Gasteiger partial charge is 0.305 e. The molecule has 0 aromatic carbocycles. The van der Waals surface area contributed by atoms with E-state index in [2.05, 4.69) is 4.74 Å². The number of carbonyl (C=O) groups is 1. The number of aliphatic hydroxyl groups excluding tert-OH is 3. The number of carbonyl (C=O) groups excluding carboxylic acids is 1. The predicted octanol–water partition coefficient (Wildman–Crippen LogP) is 2.99. The molecule has 5 nitrogen and oxygen atoms in total. The Morgan fingerprint density at radius 2 is 1.46 bits per heavy atom. The number of hydrogen-bond donors (Lipinski definition) is 3. The molecule has 0 rings (SSSR count). The maximum absolute atomic E-state index is 10.9. The summed E-state index contributed by atoms with van der Waals surface area (Å²) in [5.74, 6) is -0.269. The highest BCUT2D eigenvalue weighted by Gasteiger charge is 2.03. The summed E-state index contributed by atoms with van der Waals surface area (Å²) in [7, 11) is 1.35. The van der Waals surface area contributed by atoms with Gasteiger partial charge in [-0.3, -0.25) is 4.79 Å². The second-order valence-corrected chi connectivity index (χ2v) is 5.78. The summed E-state index contributed by atoms with van der Waals surface area (Å²) in [4.78, 5) is 10.9. The molecule has 0 saturated heterocycles. The monoisotopic (exact) mass is 364 g/mol. The molecule has 0 aromatic heterocycles. The Hall–Kier alpha value is -1.95. The van der Waals surface area contributed by atoms with Gasteiger partial charge in [0.2, 0.25) is 0 Å². The van der Waals surface area contributed by atoms with Crippen molar-refractivity contribution < 1.29 is 24.9 Å². The van der Waals surface area contributed by atoms with Crippen LogP contribution in [-0.4, -0.2) is 46.7 Å². The van der Waals surface area contributed by atoms with E-state index in [1.807, 2.05) is 13.0 Å². The zero-order valence-corrected chi connectivity index (χ0v) is 15.7. The van der Waals surface area contributed by atoms with E-state index >= 15 is 0 Å². The van der Waals surface area contributed by atoms with Crippen LogP contribution in [-0.2, 0) is 9.53 Å². The Kier molecular flexibility index (Phi) is 15.3. The van der Waals surface area contributed by atoms with Crippen LogP contribution in [0, 0.1) is 0 Å². The molecule has 0 saturated carbocycles. The van der Waals surface area contributed by atoms with Gasteiger partial charge in [-0.05, 0) is 25.7 Å². The van der Waals surface area contributed by atoms with Gasteiger partial charge in [0.25, 0.3) is 0 Å². The number of esters is 1. The molecule has 0 aliphatic rings. The average molecular weight is 364 g/mol. The largest absolute Gasteiger partial charge is 0.469 e. The normalized spacial score (nSPS) is 16.3. The first-order chi connectivity index (χ1) is 12.5. The molecule has 3 atom stereocenters. The van der Waals surface area contributed by atoms with E-state index in [1.165, 1.54) is 7.11 Å². The van der Waals surface area contributed by atoms with Gasteiger partial charge in [0, 0.05) is 6.42 Å². The van der Waals surface area contributed by atoms with E-state index in [9.17, 15) is 20.1 Å². The van der Waals surface area contributed by atoms with E-state index in [0.29, 0.717) is 32.1 Å². The summed E-state index contributed by atoms with van der Waals surface area (Å²) >= 11 is 0. The fourth-order valence-corrected chi connectivity index (χ4v) is 1.87. The Morgan fingerprint density at radius 3 is 2.08 bits per heavy atom. The SMILES string of the molecule is CC[C@@H](O)C=CC=CC[C@@H](O)C=CC=CC=C[C@@H](O)CCCC(=O)OC. The molecule has 0 bridgehead atoms. The van der Waals surface area contributed by atoms with Crippen molar-refractivity contribution in [1.29, 1.82) is 0 Å². The molecular formula is C21H32O5. The third-order valence-corrected chi connectivity index (χ3v) is 3.48. The van der Waals surface area contributed by atoms with E-state index in [0.717, 1.165) is 0 Å². The molecule has 5 heteroatoms. The van der Waals surface area contributed by atoms with Crippen LogP contribution in [0.5, 0.6) is 0 Å². The van der Waals surface area contributed by atoms with Crippen molar-refractivity contribution in [3.05, 3.63) is 60.8 Å². The molecule has 0 fully saturated rings. The summed E-state index contributed by atoms with van der Waals surface area (Å²) in [6, 6.07) is 0. The topological polar surface area (TPSA) is 87.0 Å². The molecule has 0 aliphatic heterocycles. The quantitative estimate of drug-likeness (QED) is 0.345. The number of aliphatic hydroxyl groups is 3. The first-order valence-electron chi connectivity index (χ1n) is 8.95. The van der Waals surface area contributed by atoms with Gasteiger partial charge >= 0.3 is 5.97 Å². The van der Waals surface area contributed by atoms with Gasteiger partial charge in [-0.15, -0.1) is 0 Å². The van der Waals surface area contributed by atoms with Crippen LogP contribution in [0.3, 0.4) is 0 Å². The van der Waals surface area contributed by atoms with Crippen molar-refractivity contribution in [1.82, 2.24) is 0 Å². The Bertz CT molecular complexity index is 503. The lowest BCUT2D eigenvalue weighted by Crippen LogP contribution is -2.05. The second-order valence-electron chi connectivity index (χ2n) is 5.78. The Balaban J connectivity index is 3.95. The summed E-state index contributed by atoms with van der Waals surface area (Å²) in [5, 5.41) is 28.8. The van der Waals surface area contributed by atoms with E-state index in [1.54, 1.807) is 54.7 Å². The van der Waals surface area contributed by atoms with Crippen molar-refractivity contribution in [2.45, 2.75) is 57.3 Å². The molecule has 0 spiro atoms. The number of rotatable bonds is 13. The van der Waals surface area contributed by atoms with Crippen LogP contribution in [0.4, 0.5) is 0 Å². The molecular weight excluding hydrogens is 332 g/mol. The van der Waals surface area contributed by atoms with Crippen LogP contribution < -0.4 is 0 Å². The fourth-order valence-electron chi connectivity index (χ4n) is 1.87. The molecule has 0 aromatic rings. The third kappa shape index (κ3) is 15.6. The molecule has 26 heavy (non-hydrogen) atoms. The number of hydrogen-bond acceptors (Lipinski definition) is 5. The van der Waals surface area contributed by atoms with Gasteiger partial charge in [0.05, 0.1) is 25.4 Å². The Morgan fingerprint density at radius 1 is 0.885 bits per heavy atom. The minimum Gasteiger partial charge on any atom is -0.469 e. The van der Waals surface area contributed by atoms with Crippen LogP contribution in [0.15, 0.2) is 60.8 Å². The predicted molar refractivity (Wildman–Crippen MR) is 104 cm³/mol. The van der Waals surface area contributed by atoms with Crippen LogP contribution in [0.25, 0.3) is 0 Å². The zero-order valence-electron chi connectivity index (χ0n) is 15.7. The molecule has 3 N–H and O–H groups in total. The van der Waals surface area contributed by atoms with Crippen molar-refractivity contribution in [2.24, 2.45) is 0 Å². The number of methoxy groups -OCH3 is 1. The summed E-state index contributed by atoms with van der Waals surface area (Å²) in [6.45, 7) is 1.90. The maximum Gasteiger partial charge on any atom is 0.305 e. The summed E-state index contributed by atoms with van der Waals surface area (Å²) < 4.78 is 4.53. The third-order valence-electron chi connectivity index (χ3n) is 3.48. The molecule has 0 amide bonds. The van der Waals surface area contributed by atoms with E-state index in [-0.39, 0.29) is 5.97 Å². The first kappa shape index (κ1) is 24.1. The van der Waals surface area contributed by atoms with Crippen molar-refractivity contribution in [3.63, 3.8) is 0 Å². The van der Waals surface area contributed by atoms with Gasteiger partial charge in [0.15, 0.2) is 0 Å². The minimum absolute atomic E-state index is 0.269. The van der Waals surface area contributed by atoms with Gasteiger partial charge in [-0.1, -0.05) is 67.7 Å². The van der Waals surface area contributed by atoms with Crippen LogP contribution in [0.1, 0.15) is 39.0 Å². The maximum atomic E-state index is 10.9.